The zero-order chi connectivity index (χ0) is 34.3. The number of carbonyl (C=O) groups excluding carboxylic acids is 1. The highest BCUT2D eigenvalue weighted by Crippen LogP contribution is 2.10. The Bertz CT molecular complexity index is 879. The Hall–Kier alpha value is -2.43. The number of unbranched alkanes of at least 4 members (excludes halogenated alkanes) is 14. The maximum atomic E-state index is 12.3. The van der Waals surface area contributed by atoms with E-state index in [-0.39, 0.29) is 12.5 Å². The molecule has 4 nitrogen and oxygen atoms in total. The second-order valence-corrected chi connectivity index (χ2v) is 12.6. The normalized spacial score (nSPS) is 14.0. The Morgan fingerprint density at radius 1 is 0.532 bits per heavy atom. The third-order valence-electron chi connectivity index (χ3n) is 8.09. The third-order valence-corrected chi connectivity index (χ3v) is 8.09. The van der Waals surface area contributed by atoms with Crippen LogP contribution >= 0.6 is 0 Å². The van der Waals surface area contributed by atoms with Crippen LogP contribution < -0.4 is 5.32 Å². The molecule has 0 aliphatic carbocycles. The first kappa shape index (κ1) is 44.6. The van der Waals surface area contributed by atoms with Crippen molar-refractivity contribution < 1.29 is 15.0 Å². The van der Waals surface area contributed by atoms with E-state index in [2.05, 4.69) is 92.1 Å². The van der Waals surface area contributed by atoms with Gasteiger partial charge in [0.15, 0.2) is 0 Å². The molecule has 0 rings (SSSR count). The molecular formula is C43H73NO3. The van der Waals surface area contributed by atoms with E-state index in [0.717, 1.165) is 83.5 Å². The molecular weight excluding hydrogens is 578 g/mol. The average Bonchev–Trinajstić information content (AvgIpc) is 3.07. The summed E-state index contributed by atoms with van der Waals surface area (Å²) in [7, 11) is 0. The van der Waals surface area contributed by atoms with Gasteiger partial charge in [0.05, 0.1) is 18.8 Å². The fourth-order valence-electron chi connectivity index (χ4n) is 5.14. The van der Waals surface area contributed by atoms with Crippen LogP contribution in [0.2, 0.25) is 0 Å². The standard InChI is InChI=1S/C43H73NO3/c1-3-5-7-9-11-13-15-17-19-21-23-24-26-28-30-32-34-36-38-42(46)41(40-45)44-43(47)39-37-35-33-31-29-27-25-22-20-18-16-14-12-10-8-6-4-2/h6,8,12,14,18,20-21,23,25,27-28,30,36,38,41-42,45-46H,3-5,7,9-11,13,15-17,19,22,24,26,29,31-35,37,39-40H2,1-2H3,(H,44,47)/b8-6-,14-12-,20-18-,23-21+,27-25-,30-28+,38-36+. The van der Waals surface area contributed by atoms with E-state index >= 15 is 0 Å². The van der Waals surface area contributed by atoms with Crippen molar-refractivity contribution in [3.05, 3.63) is 85.1 Å². The number of nitrogens with one attached hydrogen (secondary N) is 1. The van der Waals surface area contributed by atoms with Gasteiger partial charge in [-0.05, 0) is 83.5 Å². The number of hydrogen-bond acceptors (Lipinski definition) is 3. The molecule has 0 spiro atoms. The molecule has 3 N–H and O–H groups in total. The van der Waals surface area contributed by atoms with Gasteiger partial charge >= 0.3 is 0 Å². The van der Waals surface area contributed by atoms with Gasteiger partial charge in [-0.15, -0.1) is 0 Å². The summed E-state index contributed by atoms with van der Waals surface area (Å²) in [5.41, 5.74) is 0. The first-order valence-corrected chi connectivity index (χ1v) is 19.3. The summed E-state index contributed by atoms with van der Waals surface area (Å²) in [5.74, 6) is -0.106. The molecule has 47 heavy (non-hydrogen) atoms. The van der Waals surface area contributed by atoms with Crippen LogP contribution in [0.1, 0.15) is 162 Å². The topological polar surface area (TPSA) is 69.6 Å². The smallest absolute Gasteiger partial charge is 0.220 e. The molecule has 0 aliphatic rings. The van der Waals surface area contributed by atoms with Crippen molar-refractivity contribution >= 4 is 5.91 Å². The van der Waals surface area contributed by atoms with Crippen LogP contribution in [0.4, 0.5) is 0 Å². The molecule has 0 aromatic carbocycles. The van der Waals surface area contributed by atoms with E-state index in [1.54, 1.807) is 6.08 Å². The van der Waals surface area contributed by atoms with E-state index < -0.39 is 12.1 Å². The predicted octanol–water partition coefficient (Wildman–Crippen LogP) is 11.7. The first-order valence-electron chi connectivity index (χ1n) is 19.3. The minimum atomic E-state index is -0.884. The van der Waals surface area contributed by atoms with Crippen LogP contribution in [-0.2, 0) is 4.79 Å². The molecule has 268 valence electrons. The molecule has 4 heteroatoms. The molecule has 2 atom stereocenters. The summed E-state index contributed by atoms with van der Waals surface area (Å²) in [4.78, 5) is 12.3. The van der Waals surface area contributed by atoms with Crippen molar-refractivity contribution in [1.82, 2.24) is 5.32 Å². The molecule has 0 aliphatic heterocycles. The molecule has 0 aromatic rings. The number of allylic oxidation sites excluding steroid dienone is 13. The Labute approximate surface area is 291 Å². The van der Waals surface area contributed by atoms with Crippen LogP contribution in [-0.4, -0.2) is 34.9 Å². The molecule has 2 unspecified atom stereocenters. The van der Waals surface area contributed by atoms with Crippen LogP contribution in [0.5, 0.6) is 0 Å². The van der Waals surface area contributed by atoms with Gasteiger partial charge in [-0.25, -0.2) is 0 Å². The summed E-state index contributed by atoms with van der Waals surface area (Å²) in [5, 5.41) is 22.9. The Morgan fingerprint density at radius 2 is 0.957 bits per heavy atom. The zero-order valence-corrected chi connectivity index (χ0v) is 30.5. The molecule has 1 amide bonds. The van der Waals surface area contributed by atoms with Crippen molar-refractivity contribution in [2.75, 3.05) is 6.61 Å². The highest BCUT2D eigenvalue weighted by molar-refractivity contribution is 5.76. The maximum Gasteiger partial charge on any atom is 0.220 e. The minimum absolute atomic E-state index is 0.106. The van der Waals surface area contributed by atoms with Crippen LogP contribution in [0, 0.1) is 0 Å². The lowest BCUT2D eigenvalue weighted by Crippen LogP contribution is -2.45. The third kappa shape index (κ3) is 34.7. The SMILES string of the molecule is CC/C=C\C/C=C\C/C=C\C/C=C\CCCCCCC(=O)NC(CO)C(O)/C=C/CC/C=C/CC/C=C/CCCCCCCCCC. The number of rotatable bonds is 33. The summed E-state index contributed by atoms with van der Waals surface area (Å²) in [6.07, 6.45) is 55.3. The van der Waals surface area contributed by atoms with E-state index in [4.69, 9.17) is 0 Å². The van der Waals surface area contributed by atoms with E-state index in [9.17, 15) is 15.0 Å². The number of amides is 1. The number of carbonyl (C=O) groups is 1. The predicted molar refractivity (Wildman–Crippen MR) is 207 cm³/mol. The van der Waals surface area contributed by atoms with Crippen LogP contribution in [0.25, 0.3) is 0 Å². The number of aliphatic hydroxyl groups is 2. The second-order valence-electron chi connectivity index (χ2n) is 12.6. The first-order chi connectivity index (χ1) is 23.2. The Balaban J connectivity index is 3.78. The van der Waals surface area contributed by atoms with Gasteiger partial charge in [-0.3, -0.25) is 4.79 Å². The van der Waals surface area contributed by atoms with Gasteiger partial charge < -0.3 is 15.5 Å². The molecule has 0 radical (unpaired) electrons. The van der Waals surface area contributed by atoms with Gasteiger partial charge in [0.1, 0.15) is 0 Å². The van der Waals surface area contributed by atoms with Gasteiger partial charge in [0.25, 0.3) is 0 Å². The molecule has 0 saturated carbocycles. The van der Waals surface area contributed by atoms with E-state index in [0.29, 0.717) is 6.42 Å². The van der Waals surface area contributed by atoms with Gasteiger partial charge in [-0.1, -0.05) is 157 Å². The maximum absolute atomic E-state index is 12.3. The lowest BCUT2D eigenvalue weighted by molar-refractivity contribution is -0.123. The molecule has 0 fully saturated rings. The highest BCUT2D eigenvalue weighted by atomic mass is 16.3. The number of hydrogen-bond donors (Lipinski definition) is 3. The van der Waals surface area contributed by atoms with Crippen molar-refractivity contribution in [3.8, 4) is 0 Å². The molecule has 0 saturated heterocycles. The van der Waals surface area contributed by atoms with Crippen LogP contribution in [0.15, 0.2) is 85.1 Å². The zero-order valence-electron chi connectivity index (χ0n) is 30.5. The van der Waals surface area contributed by atoms with E-state index in [1.165, 1.54) is 57.8 Å². The van der Waals surface area contributed by atoms with E-state index in [1.807, 2.05) is 6.08 Å². The van der Waals surface area contributed by atoms with Crippen molar-refractivity contribution in [2.45, 2.75) is 174 Å². The van der Waals surface area contributed by atoms with Crippen molar-refractivity contribution in [2.24, 2.45) is 0 Å². The lowest BCUT2D eigenvalue weighted by Gasteiger charge is -2.19. The monoisotopic (exact) mass is 652 g/mol. The molecule has 0 bridgehead atoms. The summed E-state index contributed by atoms with van der Waals surface area (Å²) in [6.45, 7) is 4.14. The average molecular weight is 652 g/mol. The summed E-state index contributed by atoms with van der Waals surface area (Å²) < 4.78 is 0. The number of aliphatic hydroxyl groups excluding tert-OH is 2. The largest absolute Gasteiger partial charge is 0.394 e. The highest BCUT2D eigenvalue weighted by Gasteiger charge is 2.17. The second kappa shape index (κ2) is 38.0. The van der Waals surface area contributed by atoms with Gasteiger partial charge in [-0.2, -0.15) is 0 Å². The minimum Gasteiger partial charge on any atom is -0.394 e. The summed E-state index contributed by atoms with van der Waals surface area (Å²) >= 11 is 0. The quantitative estimate of drug-likeness (QED) is 0.0488. The fourth-order valence-corrected chi connectivity index (χ4v) is 5.14. The lowest BCUT2D eigenvalue weighted by atomic mass is 10.1. The molecule has 0 heterocycles. The molecule has 0 aromatic heterocycles. The van der Waals surface area contributed by atoms with Gasteiger partial charge in [0.2, 0.25) is 5.91 Å². The van der Waals surface area contributed by atoms with Gasteiger partial charge in [0, 0.05) is 6.42 Å². The Kier molecular flexibility index (Phi) is 36.1. The summed E-state index contributed by atoms with van der Waals surface area (Å²) in [6, 6.07) is -0.662. The Morgan fingerprint density at radius 3 is 1.49 bits per heavy atom. The van der Waals surface area contributed by atoms with Crippen molar-refractivity contribution in [1.29, 1.82) is 0 Å². The fraction of sp³-hybridized carbons (Fsp3) is 0.651. The van der Waals surface area contributed by atoms with Crippen LogP contribution in [0.3, 0.4) is 0 Å². The van der Waals surface area contributed by atoms with Crippen molar-refractivity contribution in [3.63, 3.8) is 0 Å².